The normalized spacial score (nSPS) is 11.1. The molecule has 0 aliphatic heterocycles. The van der Waals surface area contributed by atoms with Gasteiger partial charge in [-0.1, -0.05) is 53.6 Å². The number of anilines is 1. The summed E-state index contributed by atoms with van der Waals surface area (Å²) in [7, 11) is -3.50. The van der Waals surface area contributed by atoms with Crippen molar-refractivity contribution < 1.29 is 17.9 Å². The molecular formula is C24H25ClN2O4S. The van der Waals surface area contributed by atoms with Gasteiger partial charge in [-0.05, 0) is 48.9 Å². The average molecular weight is 473 g/mol. The molecule has 168 valence electrons. The van der Waals surface area contributed by atoms with Gasteiger partial charge in [0.2, 0.25) is 10.0 Å². The number of carbonyl (C=O) groups excluding carboxylic acids is 1. The monoisotopic (exact) mass is 472 g/mol. The first-order valence-corrected chi connectivity index (χ1v) is 12.3. The minimum atomic E-state index is -3.50. The maximum atomic E-state index is 12.4. The van der Waals surface area contributed by atoms with Crippen LogP contribution in [0.2, 0.25) is 5.02 Å². The standard InChI is InChI=1S/C24H25ClN2O4S/c1-18-7-9-19(10-8-18)17-27(32(2,29)30)21-13-11-20(12-14-21)24(28)26-15-16-31-23-6-4-3-5-22(23)25/h3-14H,15-17H2,1-2H3,(H,26,28). The number of rotatable bonds is 9. The molecule has 1 N–H and O–H groups in total. The molecule has 0 unspecified atom stereocenters. The molecule has 0 aromatic heterocycles. The number of carbonyl (C=O) groups is 1. The van der Waals surface area contributed by atoms with E-state index in [0.717, 1.165) is 11.1 Å². The Morgan fingerprint density at radius 1 is 1.00 bits per heavy atom. The summed E-state index contributed by atoms with van der Waals surface area (Å²) >= 11 is 6.03. The van der Waals surface area contributed by atoms with Crippen LogP contribution >= 0.6 is 11.6 Å². The zero-order chi connectivity index (χ0) is 23.1. The summed E-state index contributed by atoms with van der Waals surface area (Å²) in [5.74, 6) is 0.283. The van der Waals surface area contributed by atoms with E-state index in [9.17, 15) is 13.2 Å². The lowest BCUT2D eigenvalue weighted by molar-refractivity contribution is 0.0947. The van der Waals surface area contributed by atoms with E-state index in [0.29, 0.717) is 28.6 Å². The van der Waals surface area contributed by atoms with Gasteiger partial charge in [0.05, 0.1) is 30.1 Å². The number of ether oxygens (including phenoxy) is 1. The summed E-state index contributed by atoms with van der Waals surface area (Å²) in [5, 5.41) is 3.28. The molecule has 0 bridgehead atoms. The highest BCUT2D eigenvalue weighted by molar-refractivity contribution is 7.92. The number of hydrogen-bond donors (Lipinski definition) is 1. The maximum absolute atomic E-state index is 12.4. The number of halogens is 1. The molecule has 0 saturated heterocycles. The number of sulfonamides is 1. The summed E-state index contributed by atoms with van der Waals surface area (Å²) in [6.07, 6.45) is 1.17. The molecule has 1 amide bonds. The maximum Gasteiger partial charge on any atom is 0.251 e. The molecule has 3 aromatic rings. The van der Waals surface area contributed by atoms with Crippen molar-refractivity contribution in [2.24, 2.45) is 0 Å². The first kappa shape index (κ1) is 23.6. The summed E-state index contributed by atoms with van der Waals surface area (Å²) in [4.78, 5) is 12.4. The molecule has 6 nitrogen and oxygen atoms in total. The van der Waals surface area contributed by atoms with Crippen molar-refractivity contribution in [2.45, 2.75) is 13.5 Å². The fourth-order valence-electron chi connectivity index (χ4n) is 3.03. The van der Waals surface area contributed by atoms with E-state index in [4.69, 9.17) is 16.3 Å². The minimum Gasteiger partial charge on any atom is -0.490 e. The summed E-state index contributed by atoms with van der Waals surface area (Å²) in [6.45, 7) is 2.76. The largest absolute Gasteiger partial charge is 0.490 e. The third kappa shape index (κ3) is 6.48. The Kier molecular flexibility index (Phi) is 7.77. The molecule has 3 rings (SSSR count). The predicted molar refractivity (Wildman–Crippen MR) is 128 cm³/mol. The molecule has 0 atom stereocenters. The molecule has 0 aliphatic carbocycles. The number of para-hydroxylation sites is 1. The van der Waals surface area contributed by atoms with E-state index in [1.165, 1.54) is 10.6 Å². The van der Waals surface area contributed by atoms with Crippen LogP contribution in [-0.4, -0.2) is 33.7 Å². The van der Waals surface area contributed by atoms with Gasteiger partial charge in [-0.3, -0.25) is 9.10 Å². The number of benzene rings is 3. The lowest BCUT2D eigenvalue weighted by Crippen LogP contribution is -2.30. The Balaban J connectivity index is 1.60. The first-order chi connectivity index (χ1) is 15.2. The number of amides is 1. The Hall–Kier alpha value is -3.03. The highest BCUT2D eigenvalue weighted by Crippen LogP contribution is 2.23. The van der Waals surface area contributed by atoms with Crippen LogP contribution in [0.3, 0.4) is 0 Å². The van der Waals surface area contributed by atoms with Gasteiger partial charge in [0.15, 0.2) is 0 Å². The zero-order valence-electron chi connectivity index (χ0n) is 17.9. The van der Waals surface area contributed by atoms with Crippen LogP contribution in [0.15, 0.2) is 72.8 Å². The third-order valence-electron chi connectivity index (χ3n) is 4.75. The van der Waals surface area contributed by atoms with Gasteiger partial charge in [0.25, 0.3) is 5.91 Å². The van der Waals surface area contributed by atoms with Crippen molar-refractivity contribution in [3.63, 3.8) is 0 Å². The first-order valence-electron chi connectivity index (χ1n) is 10.0. The Morgan fingerprint density at radius 3 is 2.28 bits per heavy atom. The Labute approximate surface area is 193 Å². The van der Waals surface area contributed by atoms with E-state index in [-0.39, 0.29) is 19.1 Å². The third-order valence-corrected chi connectivity index (χ3v) is 6.20. The molecule has 0 fully saturated rings. The van der Waals surface area contributed by atoms with Crippen molar-refractivity contribution in [1.29, 1.82) is 0 Å². The molecule has 0 aliphatic rings. The number of hydrogen-bond acceptors (Lipinski definition) is 4. The summed E-state index contributed by atoms with van der Waals surface area (Å²) in [6, 6.07) is 21.3. The SMILES string of the molecule is Cc1ccc(CN(c2ccc(C(=O)NCCOc3ccccc3Cl)cc2)S(C)(=O)=O)cc1. The molecule has 0 radical (unpaired) electrons. The zero-order valence-corrected chi connectivity index (χ0v) is 19.5. The summed E-state index contributed by atoms with van der Waals surface area (Å²) < 4.78 is 31.6. The highest BCUT2D eigenvalue weighted by Gasteiger charge is 2.18. The van der Waals surface area contributed by atoms with E-state index in [2.05, 4.69) is 5.32 Å². The van der Waals surface area contributed by atoms with Crippen LogP contribution in [0, 0.1) is 6.92 Å². The molecule has 8 heteroatoms. The van der Waals surface area contributed by atoms with E-state index >= 15 is 0 Å². The van der Waals surface area contributed by atoms with Crippen molar-refractivity contribution in [3.05, 3.63) is 94.5 Å². The van der Waals surface area contributed by atoms with Gasteiger partial charge in [0.1, 0.15) is 12.4 Å². The van der Waals surface area contributed by atoms with Gasteiger partial charge in [-0.25, -0.2) is 8.42 Å². The van der Waals surface area contributed by atoms with Gasteiger partial charge in [-0.2, -0.15) is 0 Å². The summed E-state index contributed by atoms with van der Waals surface area (Å²) in [5.41, 5.74) is 2.90. The number of nitrogens with one attached hydrogen (secondary N) is 1. The van der Waals surface area contributed by atoms with Gasteiger partial charge in [0, 0.05) is 5.56 Å². The van der Waals surface area contributed by atoms with Crippen molar-refractivity contribution in [1.82, 2.24) is 5.32 Å². The lowest BCUT2D eigenvalue weighted by atomic mass is 10.1. The Morgan fingerprint density at radius 2 is 1.66 bits per heavy atom. The quantitative estimate of drug-likeness (QED) is 0.467. The average Bonchev–Trinajstić information content (AvgIpc) is 2.76. The van der Waals surface area contributed by atoms with Crippen LogP contribution in [0.4, 0.5) is 5.69 Å². The number of aryl methyl sites for hydroxylation is 1. The molecule has 32 heavy (non-hydrogen) atoms. The van der Waals surface area contributed by atoms with Crippen LogP contribution < -0.4 is 14.4 Å². The lowest BCUT2D eigenvalue weighted by Gasteiger charge is -2.23. The second kappa shape index (κ2) is 10.5. The van der Waals surface area contributed by atoms with Crippen LogP contribution in [0.25, 0.3) is 0 Å². The van der Waals surface area contributed by atoms with E-state index in [1.54, 1.807) is 36.4 Å². The fraction of sp³-hybridized carbons (Fsp3) is 0.208. The van der Waals surface area contributed by atoms with Crippen molar-refractivity contribution >= 4 is 33.2 Å². The van der Waals surface area contributed by atoms with Crippen molar-refractivity contribution in [2.75, 3.05) is 23.7 Å². The smallest absolute Gasteiger partial charge is 0.251 e. The topological polar surface area (TPSA) is 75.7 Å². The van der Waals surface area contributed by atoms with Crippen LogP contribution in [-0.2, 0) is 16.6 Å². The molecule has 0 saturated carbocycles. The predicted octanol–water partition coefficient (Wildman–Crippen LogP) is 4.42. The van der Waals surface area contributed by atoms with Crippen LogP contribution in [0.1, 0.15) is 21.5 Å². The highest BCUT2D eigenvalue weighted by atomic mass is 35.5. The molecule has 0 heterocycles. The van der Waals surface area contributed by atoms with E-state index < -0.39 is 10.0 Å². The van der Waals surface area contributed by atoms with Gasteiger partial charge >= 0.3 is 0 Å². The minimum absolute atomic E-state index is 0.212. The fourth-order valence-corrected chi connectivity index (χ4v) is 4.11. The second-order valence-corrected chi connectivity index (χ2v) is 9.65. The van der Waals surface area contributed by atoms with Gasteiger partial charge in [-0.15, -0.1) is 0 Å². The van der Waals surface area contributed by atoms with Crippen molar-refractivity contribution in [3.8, 4) is 5.75 Å². The van der Waals surface area contributed by atoms with E-state index in [1.807, 2.05) is 43.3 Å². The molecule has 0 spiro atoms. The Bertz CT molecular complexity index is 1160. The number of nitrogens with zero attached hydrogens (tertiary/aromatic N) is 1. The molecular weight excluding hydrogens is 448 g/mol. The van der Waals surface area contributed by atoms with Gasteiger partial charge < -0.3 is 10.1 Å². The molecule has 3 aromatic carbocycles. The second-order valence-electron chi connectivity index (χ2n) is 7.34. The van der Waals surface area contributed by atoms with Crippen LogP contribution in [0.5, 0.6) is 5.75 Å².